The molecule has 0 heterocycles. The molecule has 4 nitrogen and oxygen atoms in total. The van der Waals surface area contributed by atoms with Gasteiger partial charge in [0.15, 0.2) is 0 Å². The highest BCUT2D eigenvalue weighted by Crippen LogP contribution is 2.24. The number of carboxylic acids is 1. The second-order valence-electron chi connectivity index (χ2n) is 4.91. The van der Waals surface area contributed by atoms with Crippen molar-refractivity contribution in [2.24, 2.45) is 0 Å². The molecule has 0 fully saturated rings. The third-order valence-electron chi connectivity index (χ3n) is 3.17. The molecule has 0 saturated carbocycles. The maximum atomic E-state index is 14.0. The number of amides is 1. The number of para-hydroxylation sites is 1. The lowest BCUT2D eigenvalue weighted by Gasteiger charge is -2.11. The minimum Gasteiger partial charge on any atom is -0.478 e. The van der Waals surface area contributed by atoms with Crippen molar-refractivity contribution in [1.29, 1.82) is 0 Å². The van der Waals surface area contributed by atoms with Gasteiger partial charge < -0.3 is 10.4 Å². The second-order valence-corrected chi connectivity index (χ2v) is 5.83. The molecule has 0 aliphatic carbocycles. The van der Waals surface area contributed by atoms with E-state index in [4.69, 9.17) is 5.11 Å². The third kappa shape index (κ3) is 4.05. The number of carboxylic acid groups (broad SMARTS) is 1. The lowest BCUT2D eigenvalue weighted by molar-refractivity contribution is -0.132. The molecule has 0 radical (unpaired) electrons. The molecule has 2 rings (SSSR count). The minimum absolute atomic E-state index is 0.0362. The molecule has 124 valence electrons. The molecule has 0 spiro atoms. The van der Waals surface area contributed by atoms with Gasteiger partial charge in [-0.2, -0.15) is 0 Å². The third-order valence-corrected chi connectivity index (χ3v) is 3.66. The van der Waals surface area contributed by atoms with Gasteiger partial charge >= 0.3 is 5.97 Å². The van der Waals surface area contributed by atoms with Crippen molar-refractivity contribution in [2.75, 3.05) is 5.32 Å². The van der Waals surface area contributed by atoms with Crippen molar-refractivity contribution in [3.8, 4) is 0 Å². The summed E-state index contributed by atoms with van der Waals surface area (Å²) in [6.07, 6.45) is 1.22. The standard InChI is InChI=1S/C17H12BrF2NO3/c1-9(17(23)24)7-10-3-2-4-13(19)15(10)21-16(22)12-6-5-11(18)8-14(12)20/h2-8H,1H3,(H,21,22)(H,23,24). The molecule has 2 aromatic rings. The maximum Gasteiger partial charge on any atom is 0.331 e. The van der Waals surface area contributed by atoms with Gasteiger partial charge in [-0.15, -0.1) is 0 Å². The van der Waals surface area contributed by atoms with Crippen molar-refractivity contribution in [1.82, 2.24) is 0 Å². The molecule has 0 saturated heterocycles. The Morgan fingerprint density at radius 3 is 2.50 bits per heavy atom. The lowest BCUT2D eigenvalue weighted by Crippen LogP contribution is -2.15. The fraction of sp³-hybridized carbons (Fsp3) is 0.0588. The summed E-state index contributed by atoms with van der Waals surface area (Å²) in [6.45, 7) is 1.34. The van der Waals surface area contributed by atoms with Crippen LogP contribution in [0.25, 0.3) is 6.08 Å². The Bertz CT molecular complexity index is 850. The van der Waals surface area contributed by atoms with E-state index in [0.717, 1.165) is 12.1 Å². The first-order valence-corrected chi connectivity index (χ1v) is 7.55. The van der Waals surface area contributed by atoms with Crippen molar-refractivity contribution < 1.29 is 23.5 Å². The number of carbonyl (C=O) groups is 2. The highest BCUT2D eigenvalue weighted by molar-refractivity contribution is 9.10. The number of hydrogen-bond donors (Lipinski definition) is 2. The molecule has 0 aliphatic rings. The molecule has 0 aliphatic heterocycles. The van der Waals surface area contributed by atoms with E-state index in [1.54, 1.807) is 0 Å². The lowest BCUT2D eigenvalue weighted by atomic mass is 10.1. The van der Waals surface area contributed by atoms with Gasteiger partial charge in [-0.25, -0.2) is 13.6 Å². The maximum absolute atomic E-state index is 14.0. The van der Waals surface area contributed by atoms with Crippen molar-refractivity contribution in [3.05, 3.63) is 69.2 Å². The topological polar surface area (TPSA) is 66.4 Å². The summed E-state index contributed by atoms with van der Waals surface area (Å²) in [5.41, 5.74) is -0.344. The zero-order chi connectivity index (χ0) is 17.9. The van der Waals surface area contributed by atoms with E-state index in [9.17, 15) is 18.4 Å². The van der Waals surface area contributed by atoms with Crippen LogP contribution in [0.3, 0.4) is 0 Å². The first kappa shape index (κ1) is 17.8. The molecule has 24 heavy (non-hydrogen) atoms. The van der Waals surface area contributed by atoms with Gasteiger partial charge in [0.2, 0.25) is 0 Å². The number of carbonyl (C=O) groups excluding carboxylic acids is 1. The summed E-state index contributed by atoms with van der Waals surface area (Å²) >= 11 is 3.08. The smallest absolute Gasteiger partial charge is 0.331 e. The van der Waals surface area contributed by atoms with Gasteiger partial charge in [0.25, 0.3) is 5.91 Å². The van der Waals surface area contributed by atoms with Gasteiger partial charge in [-0.05, 0) is 37.3 Å². The van der Waals surface area contributed by atoms with E-state index in [1.807, 2.05) is 0 Å². The Morgan fingerprint density at radius 2 is 1.88 bits per heavy atom. The van der Waals surface area contributed by atoms with Crippen LogP contribution in [0.1, 0.15) is 22.8 Å². The van der Waals surface area contributed by atoms with Crippen LogP contribution >= 0.6 is 15.9 Å². The first-order valence-electron chi connectivity index (χ1n) is 6.76. The number of halogens is 3. The highest BCUT2D eigenvalue weighted by atomic mass is 79.9. The van der Waals surface area contributed by atoms with Gasteiger partial charge in [0.1, 0.15) is 11.6 Å². The minimum atomic E-state index is -1.17. The summed E-state index contributed by atoms with van der Waals surface area (Å²) in [5, 5.41) is 11.2. The van der Waals surface area contributed by atoms with Crippen LogP contribution < -0.4 is 5.32 Å². The Balaban J connectivity index is 2.40. The number of nitrogens with one attached hydrogen (secondary N) is 1. The molecular formula is C17H12BrF2NO3. The van der Waals surface area contributed by atoms with Crippen molar-refractivity contribution in [2.45, 2.75) is 6.92 Å². The number of rotatable bonds is 4. The number of hydrogen-bond acceptors (Lipinski definition) is 2. The molecule has 7 heteroatoms. The zero-order valence-electron chi connectivity index (χ0n) is 12.4. The van der Waals surface area contributed by atoms with E-state index >= 15 is 0 Å². The first-order chi connectivity index (χ1) is 11.3. The highest BCUT2D eigenvalue weighted by Gasteiger charge is 2.16. The van der Waals surface area contributed by atoms with E-state index in [0.29, 0.717) is 4.47 Å². The summed E-state index contributed by atoms with van der Waals surface area (Å²) in [7, 11) is 0. The summed E-state index contributed by atoms with van der Waals surface area (Å²) in [6, 6.07) is 7.80. The Kier molecular flexibility index (Phi) is 5.46. The predicted octanol–water partition coefficient (Wildman–Crippen LogP) is 4.47. The SMILES string of the molecule is CC(=Cc1cccc(F)c1NC(=O)c1ccc(Br)cc1F)C(=O)O. The van der Waals surface area contributed by atoms with Crippen LogP contribution in [0.2, 0.25) is 0 Å². The molecule has 2 aromatic carbocycles. The largest absolute Gasteiger partial charge is 0.478 e. The van der Waals surface area contributed by atoms with Crippen LogP contribution in [-0.4, -0.2) is 17.0 Å². The van der Waals surface area contributed by atoms with Gasteiger partial charge in [-0.3, -0.25) is 4.79 Å². The zero-order valence-corrected chi connectivity index (χ0v) is 14.0. The summed E-state index contributed by atoms with van der Waals surface area (Å²) in [4.78, 5) is 23.1. The van der Waals surface area contributed by atoms with Crippen LogP contribution in [0.4, 0.5) is 14.5 Å². The molecule has 0 bridgehead atoms. The van der Waals surface area contributed by atoms with Crippen molar-refractivity contribution in [3.63, 3.8) is 0 Å². The van der Waals surface area contributed by atoms with E-state index < -0.39 is 23.5 Å². The fourth-order valence-corrected chi connectivity index (χ4v) is 2.28. The molecule has 0 unspecified atom stereocenters. The van der Waals surface area contributed by atoms with Crippen LogP contribution in [0, 0.1) is 11.6 Å². The molecule has 1 amide bonds. The molecular weight excluding hydrogens is 384 g/mol. The fourth-order valence-electron chi connectivity index (χ4n) is 1.94. The van der Waals surface area contributed by atoms with E-state index in [1.165, 1.54) is 37.3 Å². The summed E-state index contributed by atoms with van der Waals surface area (Å²) in [5.74, 6) is -3.53. The Morgan fingerprint density at radius 1 is 1.17 bits per heavy atom. The van der Waals surface area contributed by atoms with Crippen LogP contribution in [-0.2, 0) is 4.79 Å². The molecule has 0 atom stereocenters. The Hall–Kier alpha value is -2.54. The van der Waals surface area contributed by atoms with Crippen LogP contribution in [0.5, 0.6) is 0 Å². The molecule has 2 N–H and O–H groups in total. The number of anilines is 1. The summed E-state index contributed by atoms with van der Waals surface area (Å²) < 4.78 is 28.4. The Labute approximate surface area is 144 Å². The molecule has 0 aromatic heterocycles. The average molecular weight is 396 g/mol. The second kappa shape index (κ2) is 7.35. The van der Waals surface area contributed by atoms with Crippen molar-refractivity contribution >= 4 is 39.6 Å². The van der Waals surface area contributed by atoms with Gasteiger partial charge in [-0.1, -0.05) is 28.1 Å². The normalized spacial score (nSPS) is 11.2. The van der Waals surface area contributed by atoms with Gasteiger partial charge in [0.05, 0.1) is 11.3 Å². The number of benzene rings is 2. The average Bonchev–Trinajstić information content (AvgIpc) is 2.50. The van der Waals surface area contributed by atoms with Gasteiger partial charge in [0, 0.05) is 15.6 Å². The monoisotopic (exact) mass is 395 g/mol. The van der Waals surface area contributed by atoms with Crippen LogP contribution in [0.15, 0.2) is 46.4 Å². The quantitative estimate of drug-likeness (QED) is 0.750. The van der Waals surface area contributed by atoms with E-state index in [2.05, 4.69) is 21.2 Å². The number of aliphatic carboxylic acids is 1. The van der Waals surface area contributed by atoms with E-state index in [-0.39, 0.29) is 22.4 Å². The predicted molar refractivity (Wildman–Crippen MR) is 89.7 cm³/mol.